The van der Waals surface area contributed by atoms with Crippen LogP contribution in [0.2, 0.25) is 0 Å². The number of benzene rings is 2. The number of carbonyl (C=O) groups excluding carboxylic acids is 1. The summed E-state index contributed by atoms with van der Waals surface area (Å²) in [6.07, 6.45) is 1.45. The van der Waals surface area contributed by atoms with Crippen LogP contribution < -0.4 is 10.9 Å². The third-order valence-corrected chi connectivity index (χ3v) is 6.32. The molecule has 5 rings (SSSR count). The number of nitrogens with zero attached hydrogens (tertiary/aromatic N) is 5. The van der Waals surface area contributed by atoms with E-state index in [9.17, 15) is 24.1 Å². The van der Waals surface area contributed by atoms with Gasteiger partial charge in [0, 0.05) is 30.0 Å². The van der Waals surface area contributed by atoms with Gasteiger partial charge in [-0.05, 0) is 36.4 Å². The van der Waals surface area contributed by atoms with E-state index in [0.717, 1.165) is 0 Å². The lowest BCUT2D eigenvalue weighted by Gasteiger charge is -2.13. The molecule has 0 saturated heterocycles. The molecule has 0 fully saturated rings. The molecule has 1 amide bonds. The predicted molar refractivity (Wildman–Crippen MR) is 119 cm³/mol. The molecule has 2 aromatic carbocycles. The average molecular weight is 466 g/mol. The van der Waals surface area contributed by atoms with Crippen molar-refractivity contribution in [3.05, 3.63) is 81.0 Å². The number of rotatable bonds is 5. The summed E-state index contributed by atoms with van der Waals surface area (Å²) < 4.78 is 16.2. The third-order valence-electron chi connectivity index (χ3n) is 5.22. The highest BCUT2D eigenvalue weighted by Crippen LogP contribution is 2.33. The van der Waals surface area contributed by atoms with E-state index < -0.39 is 11.0 Å². The van der Waals surface area contributed by atoms with Gasteiger partial charge in [0.05, 0.1) is 22.8 Å². The van der Waals surface area contributed by atoms with Gasteiger partial charge in [-0.1, -0.05) is 11.8 Å². The Bertz CT molecular complexity index is 1450. The SMILES string of the molecule is O=C(CC1CSc2nc3c(cnn3-c3ccc(F)cc3)c(=O)n21)Nc1ccc([N+](=O)[O-])cc1. The first kappa shape index (κ1) is 20.8. The molecule has 10 nitrogen and oxygen atoms in total. The standard InChI is InChI=1S/C21H15FN6O4S/c22-12-1-5-14(6-2-12)27-19-17(10-23-27)20(30)26-16(11-33-21(26)25-19)9-18(29)24-13-3-7-15(8-4-13)28(31)32/h1-8,10,16H,9,11H2,(H,24,29). The monoisotopic (exact) mass is 466 g/mol. The van der Waals surface area contributed by atoms with Crippen molar-refractivity contribution in [1.82, 2.24) is 19.3 Å². The van der Waals surface area contributed by atoms with Gasteiger partial charge in [0.2, 0.25) is 5.91 Å². The van der Waals surface area contributed by atoms with Crippen molar-refractivity contribution in [2.75, 3.05) is 11.1 Å². The van der Waals surface area contributed by atoms with Crippen LogP contribution in [0.5, 0.6) is 0 Å². The molecule has 1 aliphatic heterocycles. The third kappa shape index (κ3) is 3.84. The molecule has 0 spiro atoms. The van der Waals surface area contributed by atoms with Gasteiger partial charge in [-0.15, -0.1) is 0 Å². The van der Waals surface area contributed by atoms with E-state index in [-0.39, 0.29) is 29.4 Å². The van der Waals surface area contributed by atoms with Crippen molar-refractivity contribution in [1.29, 1.82) is 0 Å². The van der Waals surface area contributed by atoms with Gasteiger partial charge >= 0.3 is 0 Å². The van der Waals surface area contributed by atoms with E-state index in [2.05, 4.69) is 15.4 Å². The first-order chi connectivity index (χ1) is 15.9. The molecule has 12 heteroatoms. The summed E-state index contributed by atoms with van der Waals surface area (Å²) in [5.41, 5.74) is 0.989. The van der Waals surface area contributed by atoms with Crippen LogP contribution >= 0.6 is 11.8 Å². The number of amides is 1. The van der Waals surface area contributed by atoms with Crippen molar-refractivity contribution in [2.24, 2.45) is 0 Å². The number of nitro benzene ring substituents is 1. The molecule has 3 heterocycles. The van der Waals surface area contributed by atoms with Crippen LogP contribution in [0.4, 0.5) is 15.8 Å². The fourth-order valence-corrected chi connectivity index (χ4v) is 4.78. The first-order valence-corrected chi connectivity index (χ1v) is 10.8. The maximum Gasteiger partial charge on any atom is 0.269 e. The zero-order chi connectivity index (χ0) is 23.1. The van der Waals surface area contributed by atoms with Gasteiger partial charge < -0.3 is 5.32 Å². The number of hydrogen-bond donors (Lipinski definition) is 1. The molecular formula is C21H15FN6O4S. The van der Waals surface area contributed by atoms with Gasteiger partial charge in [0.25, 0.3) is 11.2 Å². The molecule has 1 atom stereocenters. The molecule has 1 aliphatic rings. The minimum Gasteiger partial charge on any atom is -0.326 e. The van der Waals surface area contributed by atoms with E-state index in [1.54, 1.807) is 12.1 Å². The largest absolute Gasteiger partial charge is 0.326 e. The summed E-state index contributed by atoms with van der Waals surface area (Å²) in [4.78, 5) is 40.5. The molecule has 0 radical (unpaired) electrons. The first-order valence-electron chi connectivity index (χ1n) is 9.84. The van der Waals surface area contributed by atoms with E-state index in [1.165, 1.54) is 63.6 Å². The van der Waals surface area contributed by atoms with Gasteiger partial charge in [0.1, 0.15) is 11.2 Å². The number of carbonyl (C=O) groups is 1. The lowest BCUT2D eigenvalue weighted by molar-refractivity contribution is -0.384. The average Bonchev–Trinajstić information content (AvgIpc) is 3.40. The van der Waals surface area contributed by atoms with E-state index in [4.69, 9.17) is 0 Å². The Hall–Kier alpha value is -4.06. The molecule has 0 saturated carbocycles. The fraction of sp³-hybridized carbons (Fsp3) is 0.143. The Morgan fingerprint density at radius 2 is 1.94 bits per heavy atom. The number of hydrogen-bond acceptors (Lipinski definition) is 7. The summed E-state index contributed by atoms with van der Waals surface area (Å²) >= 11 is 1.36. The Morgan fingerprint density at radius 3 is 2.64 bits per heavy atom. The Balaban J connectivity index is 1.39. The van der Waals surface area contributed by atoms with Crippen molar-refractivity contribution in [2.45, 2.75) is 17.6 Å². The van der Waals surface area contributed by atoms with Gasteiger partial charge in [-0.2, -0.15) is 5.10 Å². The highest BCUT2D eigenvalue weighted by atomic mass is 32.2. The summed E-state index contributed by atoms with van der Waals surface area (Å²) in [6.45, 7) is 0. The Kier molecular flexibility index (Phi) is 5.13. The second kappa shape index (κ2) is 8.13. The van der Waals surface area contributed by atoms with Crippen LogP contribution in [0.25, 0.3) is 16.7 Å². The second-order valence-electron chi connectivity index (χ2n) is 7.36. The normalized spacial score (nSPS) is 14.9. The lowest BCUT2D eigenvalue weighted by Crippen LogP contribution is -2.27. The van der Waals surface area contributed by atoms with Crippen molar-refractivity contribution < 1.29 is 14.1 Å². The van der Waals surface area contributed by atoms with Crippen LogP contribution in [0.3, 0.4) is 0 Å². The highest BCUT2D eigenvalue weighted by Gasteiger charge is 2.29. The predicted octanol–water partition coefficient (Wildman–Crippen LogP) is 3.31. The fourth-order valence-electron chi connectivity index (χ4n) is 3.64. The molecule has 166 valence electrons. The number of non-ortho nitro benzene ring substituents is 1. The maximum absolute atomic E-state index is 13.3. The van der Waals surface area contributed by atoms with Crippen molar-refractivity contribution in [3.63, 3.8) is 0 Å². The lowest BCUT2D eigenvalue weighted by atomic mass is 10.2. The van der Waals surface area contributed by atoms with Gasteiger partial charge in [-0.3, -0.25) is 24.3 Å². The molecular weight excluding hydrogens is 451 g/mol. The van der Waals surface area contributed by atoms with Crippen molar-refractivity contribution in [3.8, 4) is 5.69 Å². The molecule has 1 N–H and O–H groups in total. The van der Waals surface area contributed by atoms with Gasteiger partial charge in [-0.25, -0.2) is 14.1 Å². The number of fused-ring (bicyclic) bond motifs is 2. The molecule has 0 aliphatic carbocycles. The zero-order valence-corrected chi connectivity index (χ0v) is 17.7. The van der Waals surface area contributed by atoms with Crippen LogP contribution in [-0.4, -0.2) is 35.9 Å². The quantitative estimate of drug-likeness (QED) is 0.272. The Labute approximate surface area is 189 Å². The molecule has 33 heavy (non-hydrogen) atoms. The number of nitro groups is 1. The van der Waals surface area contributed by atoms with E-state index in [0.29, 0.717) is 33.3 Å². The van der Waals surface area contributed by atoms with E-state index >= 15 is 0 Å². The van der Waals surface area contributed by atoms with Gasteiger partial charge in [0.15, 0.2) is 10.8 Å². The van der Waals surface area contributed by atoms with E-state index in [1.807, 2.05) is 0 Å². The summed E-state index contributed by atoms with van der Waals surface area (Å²) in [6, 6.07) is 10.8. The van der Waals surface area contributed by atoms with Crippen LogP contribution in [-0.2, 0) is 4.79 Å². The topological polar surface area (TPSA) is 125 Å². The minimum atomic E-state index is -0.517. The van der Waals surface area contributed by atoms with Crippen LogP contribution in [0.15, 0.2) is 64.7 Å². The highest BCUT2D eigenvalue weighted by molar-refractivity contribution is 7.99. The summed E-state index contributed by atoms with van der Waals surface area (Å²) in [5, 5.41) is 18.5. The summed E-state index contributed by atoms with van der Waals surface area (Å²) in [7, 11) is 0. The number of halogens is 1. The number of aromatic nitrogens is 4. The molecule has 2 aromatic heterocycles. The van der Waals surface area contributed by atoms with Crippen LogP contribution in [0.1, 0.15) is 12.5 Å². The molecule has 4 aromatic rings. The molecule has 0 bridgehead atoms. The summed E-state index contributed by atoms with van der Waals surface area (Å²) in [5.74, 6) is -0.210. The van der Waals surface area contributed by atoms with Crippen LogP contribution in [0, 0.1) is 15.9 Å². The number of nitrogens with one attached hydrogen (secondary N) is 1. The Morgan fingerprint density at radius 1 is 1.21 bits per heavy atom. The second-order valence-corrected chi connectivity index (χ2v) is 8.35. The smallest absolute Gasteiger partial charge is 0.269 e. The minimum absolute atomic E-state index is 0.0379. The number of thioether (sulfide) groups is 1. The molecule has 1 unspecified atom stereocenters. The zero-order valence-electron chi connectivity index (χ0n) is 16.8. The van der Waals surface area contributed by atoms with Crippen molar-refractivity contribution >= 4 is 40.1 Å². The maximum atomic E-state index is 13.3. The number of anilines is 1.